The predicted molar refractivity (Wildman–Crippen MR) is 63.0 cm³/mol. The zero-order chi connectivity index (χ0) is 10.7. The van der Waals surface area contributed by atoms with Crippen LogP contribution in [0.25, 0.3) is 0 Å². The molecular weight excluding hydrogens is 312 g/mol. The van der Waals surface area contributed by atoms with Crippen LogP contribution in [-0.4, -0.2) is 12.4 Å². The van der Waals surface area contributed by atoms with E-state index in [9.17, 15) is 4.79 Å². The molecule has 0 heterocycles. The highest BCUT2D eigenvalue weighted by atomic mass is 79.9. The third kappa shape index (κ3) is 2.58. The SMILES string of the molecule is CCOc1cc(C(C)=O)c(Br)cc1Br. The Balaban J connectivity index is 3.20. The van der Waals surface area contributed by atoms with Crippen molar-refractivity contribution in [1.82, 2.24) is 0 Å². The Morgan fingerprint density at radius 3 is 2.50 bits per heavy atom. The van der Waals surface area contributed by atoms with Crippen LogP contribution in [0.4, 0.5) is 0 Å². The number of hydrogen-bond acceptors (Lipinski definition) is 2. The second-order valence-corrected chi connectivity index (χ2v) is 4.46. The van der Waals surface area contributed by atoms with Crippen molar-refractivity contribution < 1.29 is 9.53 Å². The molecule has 0 aliphatic carbocycles. The Hall–Kier alpha value is -0.350. The monoisotopic (exact) mass is 320 g/mol. The van der Waals surface area contributed by atoms with Crippen molar-refractivity contribution >= 4 is 37.6 Å². The molecule has 0 aromatic heterocycles. The van der Waals surface area contributed by atoms with Gasteiger partial charge in [0.25, 0.3) is 0 Å². The Kier molecular flexibility index (Phi) is 4.13. The van der Waals surface area contributed by atoms with Gasteiger partial charge in [-0.15, -0.1) is 0 Å². The second-order valence-electron chi connectivity index (χ2n) is 2.75. The molecule has 0 saturated heterocycles. The highest BCUT2D eigenvalue weighted by molar-refractivity contribution is 9.11. The Morgan fingerprint density at radius 2 is 2.00 bits per heavy atom. The van der Waals surface area contributed by atoms with Gasteiger partial charge in [0.2, 0.25) is 0 Å². The van der Waals surface area contributed by atoms with Crippen molar-refractivity contribution in [2.75, 3.05) is 6.61 Å². The largest absolute Gasteiger partial charge is 0.493 e. The summed E-state index contributed by atoms with van der Waals surface area (Å²) < 4.78 is 6.98. The van der Waals surface area contributed by atoms with Crippen molar-refractivity contribution in [3.63, 3.8) is 0 Å². The predicted octanol–water partition coefficient (Wildman–Crippen LogP) is 3.81. The van der Waals surface area contributed by atoms with E-state index >= 15 is 0 Å². The average Bonchev–Trinajstić information content (AvgIpc) is 2.09. The molecule has 2 nitrogen and oxygen atoms in total. The Labute approximate surface area is 99.9 Å². The zero-order valence-corrected chi connectivity index (χ0v) is 11.1. The number of ether oxygens (including phenoxy) is 1. The third-order valence-corrected chi connectivity index (χ3v) is 2.98. The van der Waals surface area contributed by atoms with Gasteiger partial charge in [-0.25, -0.2) is 0 Å². The summed E-state index contributed by atoms with van der Waals surface area (Å²) in [6.07, 6.45) is 0. The van der Waals surface area contributed by atoms with Gasteiger partial charge in [-0.05, 0) is 41.9 Å². The smallest absolute Gasteiger partial charge is 0.161 e. The van der Waals surface area contributed by atoms with Gasteiger partial charge in [-0.1, -0.05) is 15.9 Å². The lowest BCUT2D eigenvalue weighted by molar-refractivity contribution is 0.101. The summed E-state index contributed by atoms with van der Waals surface area (Å²) in [4.78, 5) is 11.2. The first-order valence-corrected chi connectivity index (χ1v) is 5.77. The number of carbonyl (C=O) groups is 1. The normalized spacial score (nSPS) is 10.0. The maximum Gasteiger partial charge on any atom is 0.161 e. The van der Waals surface area contributed by atoms with Crippen molar-refractivity contribution in [3.05, 3.63) is 26.6 Å². The number of rotatable bonds is 3. The van der Waals surface area contributed by atoms with Crippen LogP contribution < -0.4 is 4.74 Å². The number of ketones is 1. The molecule has 76 valence electrons. The topological polar surface area (TPSA) is 26.3 Å². The molecule has 0 saturated carbocycles. The van der Waals surface area contributed by atoms with Gasteiger partial charge < -0.3 is 4.74 Å². The second kappa shape index (κ2) is 4.94. The quantitative estimate of drug-likeness (QED) is 0.791. The average molecular weight is 322 g/mol. The van der Waals surface area contributed by atoms with Crippen LogP contribution in [0.5, 0.6) is 5.75 Å². The molecule has 1 aromatic carbocycles. The fraction of sp³-hybridized carbons (Fsp3) is 0.300. The molecule has 1 rings (SSSR count). The highest BCUT2D eigenvalue weighted by Gasteiger charge is 2.10. The number of halogens is 2. The van der Waals surface area contributed by atoms with Gasteiger partial charge in [0.15, 0.2) is 5.78 Å². The van der Waals surface area contributed by atoms with Gasteiger partial charge in [0.1, 0.15) is 5.75 Å². The molecule has 4 heteroatoms. The van der Waals surface area contributed by atoms with E-state index in [1.54, 1.807) is 6.07 Å². The summed E-state index contributed by atoms with van der Waals surface area (Å²) >= 11 is 6.69. The number of hydrogen-bond donors (Lipinski definition) is 0. The molecule has 0 radical (unpaired) electrons. The minimum absolute atomic E-state index is 0.0188. The summed E-state index contributed by atoms with van der Waals surface area (Å²) in [5.41, 5.74) is 0.636. The number of benzene rings is 1. The summed E-state index contributed by atoms with van der Waals surface area (Å²) in [6, 6.07) is 3.56. The van der Waals surface area contributed by atoms with Gasteiger partial charge in [-0.3, -0.25) is 4.79 Å². The zero-order valence-electron chi connectivity index (χ0n) is 7.93. The highest BCUT2D eigenvalue weighted by Crippen LogP contribution is 2.31. The van der Waals surface area contributed by atoms with Gasteiger partial charge >= 0.3 is 0 Å². The lowest BCUT2D eigenvalue weighted by Crippen LogP contribution is -1.98. The molecule has 0 aliphatic heterocycles. The maximum atomic E-state index is 11.2. The molecule has 0 N–H and O–H groups in total. The van der Waals surface area contributed by atoms with E-state index in [0.717, 1.165) is 8.95 Å². The molecule has 0 aliphatic rings. The van der Waals surface area contributed by atoms with E-state index < -0.39 is 0 Å². The minimum Gasteiger partial charge on any atom is -0.493 e. The maximum absolute atomic E-state index is 11.2. The third-order valence-electron chi connectivity index (χ3n) is 1.70. The lowest BCUT2D eigenvalue weighted by Gasteiger charge is -2.08. The standard InChI is InChI=1S/C10H10Br2O2/c1-3-14-10-4-7(6(2)13)8(11)5-9(10)12/h4-5H,3H2,1-2H3. The van der Waals surface area contributed by atoms with Crippen LogP contribution in [-0.2, 0) is 0 Å². The fourth-order valence-electron chi connectivity index (χ4n) is 1.07. The van der Waals surface area contributed by atoms with Crippen LogP contribution in [0.1, 0.15) is 24.2 Å². The van der Waals surface area contributed by atoms with Crippen molar-refractivity contribution in [2.24, 2.45) is 0 Å². The van der Waals surface area contributed by atoms with Crippen molar-refractivity contribution in [2.45, 2.75) is 13.8 Å². The van der Waals surface area contributed by atoms with E-state index in [4.69, 9.17) is 4.74 Å². The van der Waals surface area contributed by atoms with E-state index in [-0.39, 0.29) is 5.78 Å². The first-order valence-electron chi connectivity index (χ1n) is 4.19. The Morgan fingerprint density at radius 1 is 1.36 bits per heavy atom. The molecule has 0 atom stereocenters. The molecule has 0 fully saturated rings. The molecular formula is C10H10Br2O2. The first-order chi connectivity index (χ1) is 6.56. The summed E-state index contributed by atoms with van der Waals surface area (Å²) in [7, 11) is 0. The summed E-state index contributed by atoms with van der Waals surface area (Å²) in [5.74, 6) is 0.714. The number of carbonyl (C=O) groups excluding carboxylic acids is 1. The van der Waals surface area contributed by atoms with E-state index in [1.807, 2.05) is 13.0 Å². The van der Waals surface area contributed by atoms with Crippen molar-refractivity contribution in [3.8, 4) is 5.75 Å². The van der Waals surface area contributed by atoms with E-state index in [1.165, 1.54) is 6.92 Å². The van der Waals surface area contributed by atoms with Crippen LogP contribution in [0.2, 0.25) is 0 Å². The number of Topliss-reactive ketones (excluding diaryl/α,β-unsaturated/α-hetero) is 1. The molecule has 0 unspecified atom stereocenters. The van der Waals surface area contributed by atoms with Crippen LogP contribution in [0, 0.1) is 0 Å². The first kappa shape index (κ1) is 11.7. The molecule has 0 spiro atoms. The van der Waals surface area contributed by atoms with Crippen LogP contribution in [0.15, 0.2) is 21.1 Å². The fourth-order valence-corrected chi connectivity index (χ4v) is 2.45. The van der Waals surface area contributed by atoms with E-state index in [2.05, 4.69) is 31.9 Å². The molecule has 0 bridgehead atoms. The molecule has 0 amide bonds. The lowest BCUT2D eigenvalue weighted by atomic mass is 10.1. The van der Waals surface area contributed by atoms with Gasteiger partial charge in [-0.2, -0.15) is 0 Å². The Bertz CT molecular complexity index is 361. The summed E-state index contributed by atoms with van der Waals surface area (Å²) in [5, 5.41) is 0. The van der Waals surface area contributed by atoms with Gasteiger partial charge in [0, 0.05) is 10.0 Å². The van der Waals surface area contributed by atoms with Gasteiger partial charge in [0.05, 0.1) is 11.1 Å². The van der Waals surface area contributed by atoms with E-state index in [0.29, 0.717) is 17.9 Å². The molecule has 1 aromatic rings. The van der Waals surface area contributed by atoms with Crippen molar-refractivity contribution in [1.29, 1.82) is 0 Å². The minimum atomic E-state index is 0.0188. The van der Waals surface area contributed by atoms with Crippen LogP contribution >= 0.6 is 31.9 Å². The van der Waals surface area contributed by atoms with Crippen LogP contribution in [0.3, 0.4) is 0 Å². The molecule has 14 heavy (non-hydrogen) atoms. The summed E-state index contributed by atoms with van der Waals surface area (Å²) in [6.45, 7) is 4.02.